The van der Waals surface area contributed by atoms with Crippen molar-refractivity contribution in [1.82, 2.24) is 0 Å². The van der Waals surface area contributed by atoms with E-state index in [1.54, 1.807) is 25.3 Å². The molecule has 3 N–H and O–H groups in total. The molecule has 0 amide bonds. The summed E-state index contributed by atoms with van der Waals surface area (Å²) in [4.78, 5) is 0. The summed E-state index contributed by atoms with van der Waals surface area (Å²) in [6.45, 7) is 3.12. The fourth-order valence-electron chi connectivity index (χ4n) is 1.72. The summed E-state index contributed by atoms with van der Waals surface area (Å²) in [6.07, 6.45) is 0.451. The molecule has 7 heteroatoms. The largest absolute Gasteiger partial charge is 0.494 e. The molecule has 1 aromatic rings. The van der Waals surface area contributed by atoms with Crippen LogP contribution in [0.25, 0.3) is 0 Å². The summed E-state index contributed by atoms with van der Waals surface area (Å²) in [6, 6.07) is 5.08. The van der Waals surface area contributed by atoms with Crippen LogP contribution in [0.4, 0.5) is 5.69 Å². The number of rotatable bonds is 9. The van der Waals surface area contributed by atoms with Crippen LogP contribution in [0.2, 0.25) is 0 Å². The van der Waals surface area contributed by atoms with Crippen LogP contribution < -0.4 is 15.2 Å². The number of methoxy groups -OCH3 is 1. The quantitative estimate of drug-likeness (QED) is 0.671. The van der Waals surface area contributed by atoms with Gasteiger partial charge in [0, 0.05) is 31.5 Å². The van der Waals surface area contributed by atoms with Gasteiger partial charge in [0.2, 0.25) is 10.0 Å². The maximum atomic E-state index is 11.9. The van der Waals surface area contributed by atoms with Crippen molar-refractivity contribution in [3.8, 4) is 5.75 Å². The van der Waals surface area contributed by atoms with Crippen LogP contribution in [0, 0.1) is 0 Å². The van der Waals surface area contributed by atoms with E-state index in [0.717, 1.165) is 5.56 Å². The Morgan fingerprint density at radius 3 is 2.70 bits per heavy atom. The molecule has 0 aliphatic carbocycles. The number of anilines is 1. The first-order valence-corrected chi connectivity index (χ1v) is 8.13. The third-order valence-corrected chi connectivity index (χ3v) is 3.99. The van der Waals surface area contributed by atoms with Gasteiger partial charge < -0.3 is 15.2 Å². The molecule has 0 saturated carbocycles. The first-order valence-electron chi connectivity index (χ1n) is 6.47. The monoisotopic (exact) mass is 302 g/mol. The van der Waals surface area contributed by atoms with Gasteiger partial charge in [-0.3, -0.25) is 4.72 Å². The van der Waals surface area contributed by atoms with E-state index < -0.39 is 10.0 Å². The average molecular weight is 302 g/mol. The van der Waals surface area contributed by atoms with Gasteiger partial charge in [-0.25, -0.2) is 8.42 Å². The highest BCUT2D eigenvalue weighted by molar-refractivity contribution is 7.92. The molecule has 0 saturated heterocycles. The molecule has 0 unspecified atom stereocenters. The van der Waals surface area contributed by atoms with E-state index in [-0.39, 0.29) is 12.3 Å². The zero-order valence-corrected chi connectivity index (χ0v) is 12.7. The lowest BCUT2D eigenvalue weighted by molar-refractivity contribution is 0.199. The van der Waals surface area contributed by atoms with Crippen molar-refractivity contribution >= 4 is 15.7 Å². The number of nitrogens with two attached hydrogens (primary N) is 1. The van der Waals surface area contributed by atoms with E-state index >= 15 is 0 Å². The van der Waals surface area contributed by atoms with Gasteiger partial charge in [-0.1, -0.05) is 0 Å². The van der Waals surface area contributed by atoms with Crippen LogP contribution in [0.1, 0.15) is 18.9 Å². The predicted molar refractivity (Wildman–Crippen MR) is 79.4 cm³/mol. The third kappa shape index (κ3) is 5.36. The van der Waals surface area contributed by atoms with E-state index in [9.17, 15) is 8.42 Å². The number of ether oxygens (including phenoxy) is 2. The Kier molecular flexibility index (Phi) is 6.77. The summed E-state index contributed by atoms with van der Waals surface area (Å²) in [5.74, 6) is 0.698. The maximum Gasteiger partial charge on any atom is 0.232 e. The molecule has 0 radical (unpaired) electrons. The SMILES string of the molecule is CCOc1ccc(NS(=O)(=O)CCCOC)cc1CN. The van der Waals surface area contributed by atoms with Crippen molar-refractivity contribution < 1.29 is 17.9 Å². The highest BCUT2D eigenvalue weighted by atomic mass is 32.2. The van der Waals surface area contributed by atoms with Gasteiger partial charge in [0.25, 0.3) is 0 Å². The van der Waals surface area contributed by atoms with Crippen molar-refractivity contribution in [2.24, 2.45) is 5.73 Å². The van der Waals surface area contributed by atoms with E-state index in [2.05, 4.69) is 4.72 Å². The normalized spacial score (nSPS) is 11.3. The van der Waals surface area contributed by atoms with Gasteiger partial charge in [0.15, 0.2) is 0 Å². The van der Waals surface area contributed by atoms with Gasteiger partial charge in [-0.05, 0) is 31.5 Å². The molecule has 0 bridgehead atoms. The fourth-order valence-corrected chi connectivity index (χ4v) is 2.81. The highest BCUT2D eigenvalue weighted by Crippen LogP contribution is 2.23. The molecule has 0 atom stereocenters. The van der Waals surface area contributed by atoms with Crippen LogP contribution in [0.15, 0.2) is 18.2 Å². The molecule has 0 fully saturated rings. The Balaban J connectivity index is 2.77. The summed E-state index contributed by atoms with van der Waals surface area (Å²) in [5.41, 5.74) is 6.90. The molecule has 1 rings (SSSR count). The number of benzene rings is 1. The van der Waals surface area contributed by atoms with E-state index in [0.29, 0.717) is 31.1 Å². The molecule has 0 aromatic heterocycles. The lowest BCUT2D eigenvalue weighted by atomic mass is 10.2. The van der Waals surface area contributed by atoms with Crippen LogP contribution in [-0.2, 0) is 21.3 Å². The van der Waals surface area contributed by atoms with E-state index in [1.807, 2.05) is 6.92 Å². The Morgan fingerprint density at radius 1 is 1.35 bits per heavy atom. The highest BCUT2D eigenvalue weighted by Gasteiger charge is 2.11. The Hall–Kier alpha value is -1.31. The predicted octanol–water partition coefficient (Wildman–Crippen LogP) is 1.32. The van der Waals surface area contributed by atoms with Gasteiger partial charge in [0.1, 0.15) is 5.75 Å². The van der Waals surface area contributed by atoms with Crippen molar-refractivity contribution in [3.63, 3.8) is 0 Å². The standard InChI is InChI=1S/C13H22N2O4S/c1-3-19-13-6-5-12(9-11(13)10-14)15-20(16,17)8-4-7-18-2/h5-6,9,15H,3-4,7-8,10,14H2,1-2H3. The van der Waals surface area contributed by atoms with Crippen molar-refractivity contribution in [1.29, 1.82) is 0 Å². The van der Waals surface area contributed by atoms with Gasteiger partial charge >= 0.3 is 0 Å². The number of nitrogens with one attached hydrogen (secondary N) is 1. The minimum Gasteiger partial charge on any atom is -0.494 e. The molecule has 20 heavy (non-hydrogen) atoms. The lowest BCUT2D eigenvalue weighted by Crippen LogP contribution is -2.18. The smallest absolute Gasteiger partial charge is 0.232 e. The number of hydrogen-bond acceptors (Lipinski definition) is 5. The first kappa shape index (κ1) is 16.7. The second-order valence-corrected chi connectivity index (χ2v) is 6.07. The Morgan fingerprint density at radius 2 is 2.10 bits per heavy atom. The summed E-state index contributed by atoms with van der Waals surface area (Å²) in [7, 11) is -1.83. The molecular weight excluding hydrogens is 280 g/mol. The van der Waals surface area contributed by atoms with Crippen molar-refractivity contribution in [3.05, 3.63) is 23.8 Å². The molecular formula is C13H22N2O4S. The summed E-state index contributed by atoms with van der Waals surface area (Å²) >= 11 is 0. The number of sulfonamides is 1. The maximum absolute atomic E-state index is 11.9. The molecule has 6 nitrogen and oxygen atoms in total. The molecule has 0 aliphatic rings. The van der Waals surface area contributed by atoms with Gasteiger partial charge in [-0.15, -0.1) is 0 Å². The molecule has 0 aliphatic heterocycles. The third-order valence-electron chi connectivity index (χ3n) is 2.62. The Bertz CT molecular complexity index is 517. The molecule has 114 valence electrons. The second kappa shape index (κ2) is 8.08. The summed E-state index contributed by atoms with van der Waals surface area (Å²) in [5, 5.41) is 0. The molecule has 0 heterocycles. The fraction of sp³-hybridized carbons (Fsp3) is 0.538. The van der Waals surface area contributed by atoms with Crippen LogP contribution in [-0.4, -0.2) is 34.5 Å². The van der Waals surface area contributed by atoms with Crippen LogP contribution in [0.5, 0.6) is 5.75 Å². The van der Waals surface area contributed by atoms with E-state index in [1.165, 1.54) is 0 Å². The van der Waals surface area contributed by atoms with Crippen LogP contribution in [0.3, 0.4) is 0 Å². The topological polar surface area (TPSA) is 90.6 Å². The lowest BCUT2D eigenvalue weighted by Gasteiger charge is -2.12. The number of hydrogen-bond donors (Lipinski definition) is 2. The summed E-state index contributed by atoms with van der Waals surface area (Å²) < 4.78 is 36.5. The van der Waals surface area contributed by atoms with Crippen LogP contribution >= 0.6 is 0 Å². The van der Waals surface area contributed by atoms with Crippen molar-refractivity contribution in [2.45, 2.75) is 19.9 Å². The average Bonchev–Trinajstić information content (AvgIpc) is 2.40. The second-order valence-electron chi connectivity index (χ2n) is 4.23. The first-order chi connectivity index (χ1) is 9.52. The minimum atomic E-state index is -3.37. The zero-order chi connectivity index (χ0) is 15.0. The molecule has 0 spiro atoms. The molecule has 1 aromatic carbocycles. The van der Waals surface area contributed by atoms with E-state index in [4.69, 9.17) is 15.2 Å². The Labute approximate surface area is 120 Å². The zero-order valence-electron chi connectivity index (χ0n) is 11.9. The van der Waals surface area contributed by atoms with Gasteiger partial charge in [-0.2, -0.15) is 0 Å². The van der Waals surface area contributed by atoms with Crippen molar-refractivity contribution in [2.75, 3.05) is 30.8 Å². The minimum absolute atomic E-state index is 0.0199. The van der Waals surface area contributed by atoms with Gasteiger partial charge in [0.05, 0.1) is 12.4 Å².